The van der Waals surface area contributed by atoms with E-state index in [1.165, 1.54) is 0 Å². The Kier molecular flexibility index (Phi) is 9.39. The molecule has 4 heterocycles. The molecule has 26 nitrogen and oxygen atoms in total. The highest BCUT2D eigenvalue weighted by Crippen LogP contribution is 2.58. The number of esters is 3. The summed E-state index contributed by atoms with van der Waals surface area (Å²) in [7, 11) is 0. The molecule has 5 atom stereocenters. The predicted molar refractivity (Wildman–Crippen MR) is 212 cm³/mol. The lowest BCUT2D eigenvalue weighted by molar-refractivity contribution is -0.284. The van der Waals surface area contributed by atoms with Crippen LogP contribution in [0, 0.1) is 0 Å². The van der Waals surface area contributed by atoms with Gasteiger partial charge in [-0.25, -0.2) is 24.0 Å². The molecule has 2 aliphatic heterocycles. The molecule has 0 radical (unpaired) electrons. The molecule has 1 saturated heterocycles. The minimum absolute atomic E-state index is 0.360. The Balaban J connectivity index is 1.35. The largest absolute Gasteiger partial charge is 0.504 e. The van der Waals surface area contributed by atoms with Gasteiger partial charge < -0.3 is 104 Å². The maximum Gasteiger partial charge on any atom is 0.345 e. The van der Waals surface area contributed by atoms with Crippen LogP contribution in [-0.4, -0.2) is 132 Å². The first kappa shape index (κ1) is 43.0. The summed E-state index contributed by atoms with van der Waals surface area (Å²) in [4.78, 5) is 69.7. The molecule has 26 heteroatoms. The Bertz CT molecular complexity index is 3470. The second kappa shape index (κ2) is 14.6. The maximum atomic E-state index is 14.4. The first-order valence-electron chi connectivity index (χ1n) is 18.7. The average Bonchev–Trinajstić information content (AvgIpc) is 3.28. The van der Waals surface area contributed by atoms with Crippen molar-refractivity contribution in [2.75, 3.05) is 6.61 Å². The fraction of sp³-hybridized carbons (Fsp3) is 0.146. The second-order valence-electron chi connectivity index (χ2n) is 14.9. The molecule has 9 rings (SSSR count). The highest BCUT2D eigenvalue weighted by molar-refractivity contribution is 6.29. The molecule has 1 fully saturated rings. The molecular formula is C41H26O26. The molecule has 0 spiro atoms. The minimum atomic E-state index is -2.53. The monoisotopic (exact) mass is 934 g/mol. The van der Waals surface area contributed by atoms with Crippen molar-refractivity contribution in [3.8, 4) is 97.0 Å². The minimum Gasteiger partial charge on any atom is -0.504 e. The molecule has 7 aromatic rings. The van der Waals surface area contributed by atoms with Crippen LogP contribution in [0.4, 0.5) is 0 Å². The molecule has 2 aliphatic rings. The SMILES string of the molecule is O=C(O[C@@H]1[C@@H](O)[C@@H]2OC(=O)c3cc(O)c(O)c(O)c3-c3c(O)c(O)c4oc(=O)c5c(c(O)c(O)c6oc(=O)c3c4c65)-c3c(cc(O)c(O)c3O)C(=O)OC[C@H]2O[C@H]1O)c1cc(O)c(O)c(O)c1. The van der Waals surface area contributed by atoms with Gasteiger partial charge in [0.15, 0.2) is 81.4 Å². The van der Waals surface area contributed by atoms with Gasteiger partial charge in [0.2, 0.25) is 23.0 Å². The number of hydrogen-bond acceptors (Lipinski definition) is 26. The quantitative estimate of drug-likeness (QED) is 0.0378. The van der Waals surface area contributed by atoms with Crippen LogP contribution in [0.1, 0.15) is 31.1 Å². The summed E-state index contributed by atoms with van der Waals surface area (Å²) in [5, 5.41) is 159. The van der Waals surface area contributed by atoms with Gasteiger partial charge in [0.1, 0.15) is 18.8 Å². The third-order valence-electron chi connectivity index (χ3n) is 11.1. The van der Waals surface area contributed by atoms with Crippen molar-refractivity contribution in [3.63, 3.8) is 0 Å². The van der Waals surface area contributed by atoms with Gasteiger partial charge >= 0.3 is 29.2 Å². The summed E-state index contributed by atoms with van der Waals surface area (Å²) < 4.78 is 32.0. The topological polar surface area (TPSA) is 452 Å². The average molecular weight is 935 g/mol. The number of aliphatic hydroxyl groups is 2. The van der Waals surface area contributed by atoms with Crippen molar-refractivity contribution >= 4 is 50.6 Å². The summed E-state index contributed by atoms with van der Waals surface area (Å²) in [5.41, 5.74) is -13.3. The van der Waals surface area contributed by atoms with Gasteiger partial charge in [-0.2, -0.15) is 0 Å². The molecular weight excluding hydrogens is 908 g/mol. The molecule has 67 heavy (non-hydrogen) atoms. The number of hydrogen-bond donors (Lipinski definition) is 15. The lowest BCUT2D eigenvalue weighted by Crippen LogP contribution is -2.61. The third kappa shape index (κ3) is 6.04. The number of rotatable bonds is 2. The summed E-state index contributed by atoms with van der Waals surface area (Å²) in [6, 6.07) is 1.95. The van der Waals surface area contributed by atoms with E-state index in [1.54, 1.807) is 0 Å². The fourth-order valence-corrected chi connectivity index (χ4v) is 8.03. The fourth-order valence-electron chi connectivity index (χ4n) is 8.03. The van der Waals surface area contributed by atoms with Crippen molar-refractivity contribution in [1.29, 1.82) is 0 Å². The van der Waals surface area contributed by atoms with Gasteiger partial charge in [0.25, 0.3) is 0 Å². The first-order chi connectivity index (χ1) is 31.5. The van der Waals surface area contributed by atoms with E-state index in [-0.39, 0.29) is 0 Å². The smallest absolute Gasteiger partial charge is 0.345 e. The van der Waals surface area contributed by atoms with Gasteiger partial charge in [0, 0.05) is 33.0 Å². The molecule has 0 amide bonds. The zero-order chi connectivity index (χ0) is 48.6. The zero-order valence-electron chi connectivity index (χ0n) is 32.6. The zero-order valence-corrected chi connectivity index (χ0v) is 32.6. The Morgan fingerprint density at radius 2 is 0.955 bits per heavy atom. The maximum absolute atomic E-state index is 14.4. The van der Waals surface area contributed by atoms with Crippen LogP contribution >= 0.6 is 0 Å². The number of carbonyl (C=O) groups is 3. The number of phenols is 13. The number of phenolic OH excluding ortho intramolecular Hbond substituents is 13. The predicted octanol–water partition coefficient (Wildman–Crippen LogP) is 0.997. The number of ether oxygens (including phenoxy) is 4. The molecule has 2 aromatic heterocycles. The van der Waals surface area contributed by atoms with Crippen LogP contribution in [0.5, 0.6) is 74.7 Å². The van der Waals surface area contributed by atoms with Crippen molar-refractivity contribution in [2.24, 2.45) is 0 Å². The van der Waals surface area contributed by atoms with Crippen molar-refractivity contribution < 1.29 is 119 Å². The number of aromatic hydroxyl groups is 13. The van der Waals surface area contributed by atoms with Crippen LogP contribution < -0.4 is 11.3 Å². The number of fused-ring (bicyclic) bond motifs is 5. The highest BCUT2D eigenvalue weighted by atomic mass is 16.7. The third-order valence-corrected chi connectivity index (χ3v) is 11.1. The Labute approximate surface area is 365 Å². The molecule has 0 unspecified atom stereocenters. The van der Waals surface area contributed by atoms with Crippen LogP contribution in [0.2, 0.25) is 0 Å². The summed E-state index contributed by atoms with van der Waals surface area (Å²) in [6.45, 7) is -1.30. The first-order valence-corrected chi connectivity index (χ1v) is 18.7. The molecule has 0 aliphatic carbocycles. The van der Waals surface area contributed by atoms with E-state index >= 15 is 0 Å². The Morgan fingerprint density at radius 1 is 0.522 bits per heavy atom. The second-order valence-corrected chi connectivity index (χ2v) is 14.9. The van der Waals surface area contributed by atoms with Crippen LogP contribution in [0.3, 0.4) is 0 Å². The van der Waals surface area contributed by atoms with Gasteiger partial charge in [0.05, 0.1) is 27.5 Å². The van der Waals surface area contributed by atoms with Gasteiger partial charge in [-0.3, -0.25) is 0 Å². The van der Waals surface area contributed by atoms with Crippen LogP contribution in [0.15, 0.2) is 42.7 Å². The van der Waals surface area contributed by atoms with Crippen molar-refractivity contribution in [2.45, 2.75) is 30.7 Å². The number of cyclic esters (lactones) is 1. The summed E-state index contributed by atoms with van der Waals surface area (Å²) in [5.74, 6) is -22.8. The number of benzene rings is 5. The van der Waals surface area contributed by atoms with E-state index < -0.39 is 213 Å². The van der Waals surface area contributed by atoms with E-state index in [0.717, 1.165) is 0 Å². The summed E-state index contributed by atoms with van der Waals surface area (Å²) in [6.07, 6.45) is -11.9. The molecule has 0 saturated carbocycles. The number of aliphatic hydroxyl groups excluding tert-OH is 2. The van der Waals surface area contributed by atoms with Crippen molar-refractivity contribution in [3.05, 3.63) is 61.8 Å². The molecule has 6 bridgehead atoms. The molecule has 15 N–H and O–H groups in total. The summed E-state index contributed by atoms with van der Waals surface area (Å²) >= 11 is 0. The Morgan fingerprint density at radius 3 is 1.43 bits per heavy atom. The van der Waals surface area contributed by atoms with E-state index in [4.69, 9.17) is 27.8 Å². The lowest BCUT2D eigenvalue weighted by atomic mass is 9.88. The van der Waals surface area contributed by atoms with E-state index in [9.17, 15) is 101 Å². The van der Waals surface area contributed by atoms with E-state index in [1.807, 2.05) is 0 Å². The van der Waals surface area contributed by atoms with E-state index in [2.05, 4.69) is 0 Å². The standard InChI is InChI=1S/C41H26O26/c42-9-1-6(2-10(43)22(9)46)36(56)67-35-31(55)32-13(63-41(35)61)5-62-37(57)7-3-11(44)23(47)25(49)14(7)16-20-18-19-21(40(60)66-33(18)29(53)27(16)51)17(28(52)30(54)34(19)65-39(20)59)15-8(38(58)64-32)4-12(45)24(48)26(15)50/h1-4,13,31-32,35,41-55,61H,5H2/t13-,31+,32-,35-,41-/m1/s1. The van der Waals surface area contributed by atoms with Gasteiger partial charge in [-0.1, -0.05) is 0 Å². The van der Waals surface area contributed by atoms with E-state index in [0.29, 0.717) is 24.3 Å². The van der Waals surface area contributed by atoms with Crippen LogP contribution in [-0.2, 0) is 18.9 Å². The molecule has 346 valence electrons. The van der Waals surface area contributed by atoms with Crippen LogP contribution in [0.25, 0.3) is 55.0 Å². The lowest BCUT2D eigenvalue weighted by Gasteiger charge is -2.41. The van der Waals surface area contributed by atoms with Gasteiger partial charge in [-0.05, 0) is 24.3 Å². The van der Waals surface area contributed by atoms with Crippen molar-refractivity contribution in [1.82, 2.24) is 0 Å². The normalized spacial score (nSPS) is 19.6. The van der Waals surface area contributed by atoms with Gasteiger partial charge in [-0.15, -0.1) is 0 Å². The Hall–Kier alpha value is -9.27. The molecule has 5 aromatic carbocycles. The highest BCUT2D eigenvalue weighted by Gasteiger charge is 2.50. The number of carbonyl (C=O) groups excluding carboxylic acids is 3.